The smallest absolute Gasteiger partial charge is 0.176 e. The first-order valence-corrected chi connectivity index (χ1v) is 8.00. The van der Waals surface area contributed by atoms with Crippen LogP contribution in [0.15, 0.2) is 56.3 Å². The van der Waals surface area contributed by atoms with Crippen molar-refractivity contribution in [1.29, 1.82) is 0 Å². The first kappa shape index (κ1) is 14.8. The molecule has 0 bridgehead atoms. The second kappa shape index (κ2) is 6.68. The Balaban J connectivity index is 2.08. The van der Waals surface area contributed by atoms with E-state index in [0.29, 0.717) is 4.47 Å². The minimum Gasteiger partial charge on any atom is -0.293 e. The van der Waals surface area contributed by atoms with Crippen LogP contribution in [-0.2, 0) is 0 Å². The first-order valence-electron chi connectivity index (χ1n) is 5.43. The van der Waals surface area contributed by atoms with Crippen molar-refractivity contribution in [2.75, 3.05) is 5.75 Å². The van der Waals surface area contributed by atoms with Gasteiger partial charge in [-0.1, -0.05) is 28.1 Å². The fourth-order valence-corrected chi connectivity index (χ4v) is 3.26. The van der Waals surface area contributed by atoms with Crippen LogP contribution in [0.25, 0.3) is 0 Å². The molecule has 0 atom stereocenters. The van der Waals surface area contributed by atoms with E-state index in [1.165, 1.54) is 17.8 Å². The van der Waals surface area contributed by atoms with Gasteiger partial charge in [0.05, 0.1) is 15.8 Å². The van der Waals surface area contributed by atoms with Gasteiger partial charge in [0.2, 0.25) is 0 Å². The van der Waals surface area contributed by atoms with E-state index < -0.39 is 5.82 Å². The number of halogens is 3. The molecule has 5 heteroatoms. The van der Waals surface area contributed by atoms with Crippen LogP contribution in [-0.4, -0.2) is 11.5 Å². The van der Waals surface area contributed by atoms with E-state index in [4.69, 9.17) is 0 Å². The fraction of sp³-hybridized carbons (Fsp3) is 0.0714. The molecule has 0 saturated heterocycles. The Morgan fingerprint density at radius 3 is 2.63 bits per heavy atom. The molecule has 0 amide bonds. The molecule has 2 aromatic carbocycles. The van der Waals surface area contributed by atoms with Crippen molar-refractivity contribution in [1.82, 2.24) is 0 Å². The lowest BCUT2D eigenvalue weighted by Gasteiger charge is -2.04. The topological polar surface area (TPSA) is 17.1 Å². The molecule has 2 aromatic rings. The third kappa shape index (κ3) is 3.91. The molecule has 98 valence electrons. The molecule has 1 nitrogen and oxygen atoms in total. The van der Waals surface area contributed by atoms with E-state index in [-0.39, 0.29) is 17.1 Å². The molecule has 0 N–H and O–H groups in total. The van der Waals surface area contributed by atoms with E-state index in [0.717, 1.165) is 9.37 Å². The molecular weight excluding hydrogens is 395 g/mol. The lowest BCUT2D eigenvalue weighted by molar-refractivity contribution is 0.101. The Kier molecular flexibility index (Phi) is 5.19. The van der Waals surface area contributed by atoms with Gasteiger partial charge >= 0.3 is 0 Å². The molecule has 0 saturated carbocycles. The molecule has 0 aliphatic rings. The second-order valence-corrected chi connectivity index (χ2v) is 6.59. The Bertz CT molecular complexity index is 616. The number of Topliss-reactive ketones (excluding diaryl/α,β-unsaturated/α-hetero) is 1. The van der Waals surface area contributed by atoms with Crippen LogP contribution in [0.2, 0.25) is 0 Å². The second-order valence-electron chi connectivity index (χ2n) is 3.77. The summed E-state index contributed by atoms with van der Waals surface area (Å²) in [5.41, 5.74) is 0.122. The molecule has 19 heavy (non-hydrogen) atoms. The van der Waals surface area contributed by atoms with E-state index in [2.05, 4.69) is 31.9 Å². The lowest BCUT2D eigenvalue weighted by Crippen LogP contribution is -2.05. The maximum absolute atomic E-state index is 13.8. The van der Waals surface area contributed by atoms with Crippen LogP contribution in [0.5, 0.6) is 0 Å². The van der Waals surface area contributed by atoms with Crippen LogP contribution >= 0.6 is 43.6 Å². The highest BCUT2D eigenvalue weighted by Crippen LogP contribution is 2.24. The predicted octanol–water partition coefficient (Wildman–Crippen LogP) is 5.33. The van der Waals surface area contributed by atoms with Gasteiger partial charge < -0.3 is 0 Å². The van der Waals surface area contributed by atoms with E-state index >= 15 is 0 Å². The highest BCUT2D eigenvalue weighted by molar-refractivity contribution is 9.10. The van der Waals surface area contributed by atoms with Crippen LogP contribution in [0.3, 0.4) is 0 Å². The largest absolute Gasteiger partial charge is 0.293 e. The van der Waals surface area contributed by atoms with Crippen LogP contribution in [0.4, 0.5) is 4.39 Å². The van der Waals surface area contributed by atoms with Gasteiger partial charge in [0.15, 0.2) is 5.78 Å². The van der Waals surface area contributed by atoms with Gasteiger partial charge in [-0.25, -0.2) is 4.39 Å². The van der Waals surface area contributed by atoms with Gasteiger partial charge in [0.1, 0.15) is 5.82 Å². The highest BCUT2D eigenvalue weighted by atomic mass is 79.9. The Morgan fingerprint density at radius 1 is 1.16 bits per heavy atom. The number of carbonyl (C=O) groups excluding carboxylic acids is 1. The van der Waals surface area contributed by atoms with E-state index in [9.17, 15) is 9.18 Å². The van der Waals surface area contributed by atoms with Gasteiger partial charge in [-0.05, 0) is 46.3 Å². The van der Waals surface area contributed by atoms with Crippen molar-refractivity contribution in [3.63, 3.8) is 0 Å². The minimum absolute atomic E-state index is 0.122. The number of ketones is 1. The van der Waals surface area contributed by atoms with Crippen molar-refractivity contribution in [3.05, 3.63) is 62.8 Å². The molecule has 0 unspecified atom stereocenters. The number of carbonyl (C=O) groups is 1. The molecule has 0 aromatic heterocycles. The summed E-state index contributed by atoms with van der Waals surface area (Å²) in [5, 5.41) is 0. The monoisotopic (exact) mass is 402 g/mol. The van der Waals surface area contributed by atoms with Crippen molar-refractivity contribution in [3.8, 4) is 0 Å². The zero-order chi connectivity index (χ0) is 13.8. The fourth-order valence-electron chi connectivity index (χ4n) is 1.50. The molecule has 0 spiro atoms. The van der Waals surface area contributed by atoms with Gasteiger partial charge in [-0.3, -0.25) is 4.79 Å². The molecule has 0 heterocycles. The highest BCUT2D eigenvalue weighted by Gasteiger charge is 2.14. The lowest BCUT2D eigenvalue weighted by atomic mass is 10.1. The summed E-state index contributed by atoms with van der Waals surface area (Å²) in [7, 11) is 0. The average molecular weight is 404 g/mol. The van der Waals surface area contributed by atoms with E-state index in [1.54, 1.807) is 12.1 Å². The summed E-state index contributed by atoms with van der Waals surface area (Å²) in [5.74, 6) is -0.504. The zero-order valence-electron chi connectivity index (χ0n) is 9.70. The molecule has 0 aliphatic carbocycles. The summed E-state index contributed by atoms with van der Waals surface area (Å²) in [4.78, 5) is 13.0. The quantitative estimate of drug-likeness (QED) is 0.507. The summed E-state index contributed by atoms with van der Waals surface area (Å²) in [6.07, 6.45) is 0. The Labute approximate surface area is 131 Å². The van der Waals surface area contributed by atoms with Crippen LogP contribution < -0.4 is 0 Å². The SMILES string of the molecule is O=C(CSc1cccc(Br)c1)c1cccc(Br)c1F. The standard InChI is InChI=1S/C14H9Br2FOS/c15-9-3-1-4-10(7-9)19-8-13(18)11-5-2-6-12(16)14(11)17/h1-7H,8H2. The summed E-state index contributed by atoms with van der Waals surface area (Å²) < 4.78 is 15.0. The molecule has 2 rings (SSSR count). The normalized spacial score (nSPS) is 10.5. The molecule has 0 aliphatic heterocycles. The van der Waals surface area contributed by atoms with Crippen LogP contribution in [0.1, 0.15) is 10.4 Å². The van der Waals surface area contributed by atoms with Crippen molar-refractivity contribution in [2.45, 2.75) is 4.90 Å². The maximum Gasteiger partial charge on any atom is 0.176 e. The third-order valence-electron chi connectivity index (χ3n) is 2.42. The van der Waals surface area contributed by atoms with Crippen molar-refractivity contribution >= 4 is 49.4 Å². The number of thioether (sulfide) groups is 1. The van der Waals surface area contributed by atoms with E-state index in [1.807, 2.05) is 24.3 Å². The Hall–Kier alpha value is -0.650. The van der Waals surface area contributed by atoms with Crippen LogP contribution in [0, 0.1) is 5.82 Å². The van der Waals surface area contributed by atoms with Crippen molar-refractivity contribution in [2.24, 2.45) is 0 Å². The summed E-state index contributed by atoms with van der Waals surface area (Å²) in [6.45, 7) is 0. The van der Waals surface area contributed by atoms with Crippen molar-refractivity contribution < 1.29 is 9.18 Å². The number of hydrogen-bond acceptors (Lipinski definition) is 2. The van der Waals surface area contributed by atoms with Gasteiger partial charge in [-0.2, -0.15) is 0 Å². The summed E-state index contributed by atoms with van der Waals surface area (Å²) in [6, 6.07) is 12.4. The number of rotatable bonds is 4. The Morgan fingerprint density at radius 2 is 1.89 bits per heavy atom. The molecule has 0 radical (unpaired) electrons. The predicted molar refractivity (Wildman–Crippen MR) is 83.3 cm³/mol. The molecule has 0 fully saturated rings. The maximum atomic E-state index is 13.8. The third-order valence-corrected chi connectivity index (χ3v) is 4.52. The summed E-state index contributed by atoms with van der Waals surface area (Å²) >= 11 is 7.84. The van der Waals surface area contributed by atoms with Gasteiger partial charge in [-0.15, -0.1) is 11.8 Å². The first-order chi connectivity index (χ1) is 9.08. The van der Waals surface area contributed by atoms with Gasteiger partial charge in [0.25, 0.3) is 0 Å². The van der Waals surface area contributed by atoms with Gasteiger partial charge in [0, 0.05) is 9.37 Å². The minimum atomic E-state index is -0.498. The molecular formula is C14H9Br2FOS. The number of hydrogen-bond donors (Lipinski definition) is 0. The number of benzene rings is 2. The zero-order valence-corrected chi connectivity index (χ0v) is 13.7. The average Bonchev–Trinajstić information content (AvgIpc) is 2.39.